The first-order chi connectivity index (χ1) is 17.6. The molecular weight excluding hydrogens is 449 g/mol. The summed E-state index contributed by atoms with van der Waals surface area (Å²) < 4.78 is 22.5. The minimum atomic E-state index is -0.638. The Kier molecular flexibility index (Phi) is 5.72. The summed E-state index contributed by atoms with van der Waals surface area (Å²) in [5, 5.41) is 14.2. The molecule has 2 bridgehead atoms. The molecule has 2 aliphatic rings. The van der Waals surface area contributed by atoms with Gasteiger partial charge >= 0.3 is 0 Å². The number of ether oxygens (including phenoxy) is 1. The van der Waals surface area contributed by atoms with Gasteiger partial charge in [-0.25, -0.2) is 4.39 Å². The van der Waals surface area contributed by atoms with E-state index in [-0.39, 0.29) is 5.82 Å². The van der Waals surface area contributed by atoms with Crippen molar-refractivity contribution in [3.8, 4) is 6.07 Å². The van der Waals surface area contributed by atoms with E-state index in [0.29, 0.717) is 18.2 Å². The van der Waals surface area contributed by atoms with E-state index in [0.717, 1.165) is 49.0 Å². The fourth-order valence-electron chi connectivity index (χ4n) is 5.94. The fourth-order valence-corrected chi connectivity index (χ4v) is 5.94. The first kappa shape index (κ1) is 22.7. The summed E-state index contributed by atoms with van der Waals surface area (Å²) in [5.41, 5.74) is 6.89. The minimum Gasteiger partial charge on any atom is -0.361 e. The standard InChI is InChI=1S/C31H28FN3O/c1-21(30-16-23-19-35(30)29-6-3-2-5-27(23)29)18-34-14-4-13-31(25-8-10-26(32)11-9-25)28-12-7-22(17-33)15-24(28)20-36-31/h2-3,5-12,15,19,30,34H,1,4,13-14,16,18,20H2. The number of halogens is 1. The summed E-state index contributed by atoms with van der Waals surface area (Å²) in [6, 6.07) is 23.4. The van der Waals surface area contributed by atoms with E-state index in [1.165, 1.54) is 34.2 Å². The molecule has 4 nitrogen and oxygen atoms in total. The van der Waals surface area contributed by atoms with E-state index in [2.05, 4.69) is 53.0 Å². The van der Waals surface area contributed by atoms with Crippen molar-refractivity contribution in [1.29, 1.82) is 5.26 Å². The number of hydrogen-bond acceptors (Lipinski definition) is 3. The van der Waals surface area contributed by atoms with Crippen LogP contribution in [0.25, 0.3) is 10.9 Å². The molecular formula is C31H28FN3O. The van der Waals surface area contributed by atoms with E-state index in [9.17, 15) is 9.65 Å². The molecule has 6 rings (SSSR count). The van der Waals surface area contributed by atoms with Gasteiger partial charge in [-0.1, -0.05) is 43.0 Å². The third-order valence-electron chi connectivity index (χ3n) is 7.73. The zero-order chi connectivity index (χ0) is 24.7. The maximum atomic E-state index is 13.7. The third kappa shape index (κ3) is 3.74. The minimum absolute atomic E-state index is 0.262. The Labute approximate surface area is 210 Å². The highest BCUT2D eigenvalue weighted by Crippen LogP contribution is 2.45. The molecule has 2 aliphatic heterocycles. The average molecular weight is 478 g/mol. The highest BCUT2D eigenvalue weighted by molar-refractivity contribution is 5.85. The van der Waals surface area contributed by atoms with Gasteiger partial charge in [0.05, 0.1) is 24.3 Å². The summed E-state index contributed by atoms with van der Waals surface area (Å²) in [6.45, 7) is 6.42. The number of nitrogens with zero attached hydrogens (tertiary/aromatic N) is 2. The molecule has 0 spiro atoms. The lowest BCUT2D eigenvalue weighted by Crippen LogP contribution is -2.29. The Morgan fingerprint density at radius 3 is 2.81 bits per heavy atom. The summed E-state index contributed by atoms with van der Waals surface area (Å²) in [5.74, 6) is -0.262. The number of benzene rings is 3. The van der Waals surface area contributed by atoms with Crippen molar-refractivity contribution in [3.05, 3.63) is 119 Å². The Hall–Kier alpha value is -3.72. The topological polar surface area (TPSA) is 50.0 Å². The maximum Gasteiger partial charge on any atom is 0.123 e. The Balaban J connectivity index is 1.12. The van der Waals surface area contributed by atoms with Crippen LogP contribution >= 0.6 is 0 Å². The van der Waals surface area contributed by atoms with Gasteiger partial charge in [0, 0.05) is 23.6 Å². The van der Waals surface area contributed by atoms with Crippen molar-refractivity contribution < 1.29 is 9.13 Å². The van der Waals surface area contributed by atoms with Crippen molar-refractivity contribution in [2.24, 2.45) is 0 Å². The predicted molar refractivity (Wildman–Crippen MR) is 139 cm³/mol. The Morgan fingerprint density at radius 1 is 1.14 bits per heavy atom. The number of nitriles is 1. The second-order valence-electron chi connectivity index (χ2n) is 9.84. The van der Waals surface area contributed by atoms with Crippen LogP contribution in [0.2, 0.25) is 0 Å². The molecule has 0 radical (unpaired) electrons. The molecule has 3 heterocycles. The number of para-hydroxylation sites is 1. The smallest absolute Gasteiger partial charge is 0.123 e. The van der Waals surface area contributed by atoms with Crippen molar-refractivity contribution in [2.45, 2.75) is 37.5 Å². The van der Waals surface area contributed by atoms with Crippen LogP contribution in [-0.2, 0) is 23.4 Å². The van der Waals surface area contributed by atoms with Crippen LogP contribution in [0.4, 0.5) is 4.39 Å². The van der Waals surface area contributed by atoms with Gasteiger partial charge < -0.3 is 14.6 Å². The zero-order valence-electron chi connectivity index (χ0n) is 20.1. The molecule has 0 saturated carbocycles. The first-order valence-corrected chi connectivity index (χ1v) is 12.5. The quantitative estimate of drug-likeness (QED) is 0.245. The van der Waals surface area contributed by atoms with E-state index >= 15 is 0 Å². The van der Waals surface area contributed by atoms with Gasteiger partial charge in [-0.05, 0) is 84.0 Å². The van der Waals surface area contributed by atoms with Crippen molar-refractivity contribution in [2.75, 3.05) is 13.1 Å². The van der Waals surface area contributed by atoms with Gasteiger partial charge in [-0.15, -0.1) is 0 Å². The van der Waals surface area contributed by atoms with Crippen LogP contribution < -0.4 is 5.32 Å². The fraction of sp³-hybridized carbons (Fsp3) is 0.258. The average Bonchev–Trinajstić information content (AvgIpc) is 3.61. The predicted octanol–water partition coefficient (Wildman–Crippen LogP) is 6.15. The molecule has 2 atom stereocenters. The lowest BCUT2D eigenvalue weighted by molar-refractivity contribution is -0.0129. The van der Waals surface area contributed by atoms with Crippen molar-refractivity contribution >= 4 is 10.9 Å². The molecule has 2 unspecified atom stereocenters. The largest absolute Gasteiger partial charge is 0.361 e. The lowest BCUT2D eigenvalue weighted by atomic mass is 9.81. The number of aromatic nitrogens is 1. The van der Waals surface area contributed by atoms with Gasteiger partial charge in [0.25, 0.3) is 0 Å². The zero-order valence-corrected chi connectivity index (χ0v) is 20.1. The number of fused-ring (bicyclic) bond motifs is 6. The first-order valence-electron chi connectivity index (χ1n) is 12.5. The molecule has 4 aromatic rings. The molecule has 0 fully saturated rings. The van der Waals surface area contributed by atoms with Crippen molar-refractivity contribution in [3.63, 3.8) is 0 Å². The van der Waals surface area contributed by atoms with E-state index in [1.807, 2.05) is 30.3 Å². The number of rotatable bonds is 8. The van der Waals surface area contributed by atoms with Crippen LogP contribution in [-0.4, -0.2) is 17.7 Å². The molecule has 3 aromatic carbocycles. The molecule has 1 N–H and O–H groups in total. The highest BCUT2D eigenvalue weighted by atomic mass is 19.1. The van der Waals surface area contributed by atoms with Gasteiger partial charge in [0.15, 0.2) is 0 Å². The summed E-state index contributed by atoms with van der Waals surface area (Å²) in [4.78, 5) is 0. The lowest BCUT2D eigenvalue weighted by Gasteiger charge is -2.31. The molecule has 0 saturated heterocycles. The van der Waals surface area contributed by atoms with Gasteiger partial charge in [-0.3, -0.25) is 0 Å². The maximum absolute atomic E-state index is 13.7. The van der Waals surface area contributed by atoms with E-state index in [1.54, 1.807) is 0 Å². The monoisotopic (exact) mass is 477 g/mol. The number of nitrogens with one attached hydrogen (secondary N) is 1. The van der Waals surface area contributed by atoms with Crippen LogP contribution in [0, 0.1) is 17.1 Å². The van der Waals surface area contributed by atoms with Gasteiger partial charge in [0.2, 0.25) is 0 Å². The van der Waals surface area contributed by atoms with Crippen LogP contribution in [0.15, 0.2) is 85.1 Å². The molecule has 0 amide bonds. The van der Waals surface area contributed by atoms with Crippen LogP contribution in [0.5, 0.6) is 0 Å². The second-order valence-corrected chi connectivity index (χ2v) is 9.84. The summed E-state index contributed by atoms with van der Waals surface area (Å²) in [6.07, 6.45) is 4.91. The van der Waals surface area contributed by atoms with Crippen LogP contribution in [0.1, 0.15) is 46.7 Å². The van der Waals surface area contributed by atoms with E-state index in [4.69, 9.17) is 4.74 Å². The SMILES string of the molecule is C=C(CNCCCC1(c2ccc(F)cc2)OCc2cc(C#N)ccc21)C1Cc2cn1c1ccccc21. The van der Waals surface area contributed by atoms with E-state index < -0.39 is 5.60 Å². The summed E-state index contributed by atoms with van der Waals surface area (Å²) >= 11 is 0. The second kappa shape index (κ2) is 9.05. The van der Waals surface area contributed by atoms with Crippen LogP contribution in [0.3, 0.4) is 0 Å². The summed E-state index contributed by atoms with van der Waals surface area (Å²) in [7, 11) is 0. The Bertz CT molecular complexity index is 1500. The van der Waals surface area contributed by atoms with Gasteiger partial charge in [-0.2, -0.15) is 5.26 Å². The molecule has 0 aliphatic carbocycles. The van der Waals surface area contributed by atoms with Gasteiger partial charge in [0.1, 0.15) is 11.4 Å². The molecule has 5 heteroatoms. The van der Waals surface area contributed by atoms with Crippen molar-refractivity contribution in [1.82, 2.24) is 9.88 Å². The highest BCUT2D eigenvalue weighted by Gasteiger charge is 2.41. The number of hydrogen-bond donors (Lipinski definition) is 1. The molecule has 1 aromatic heterocycles. The Morgan fingerprint density at radius 2 is 1.97 bits per heavy atom. The molecule has 36 heavy (non-hydrogen) atoms. The molecule has 180 valence electrons. The normalized spacial score (nSPS) is 19.9. The third-order valence-corrected chi connectivity index (χ3v) is 7.73.